The number of nitrogens with one attached hydrogen (secondary N) is 2. The van der Waals surface area contributed by atoms with E-state index in [2.05, 4.69) is 29.9 Å². The Bertz CT molecular complexity index is 3220. The first-order chi connectivity index (χ1) is 33.9. The number of rotatable bonds is 16. The SMILES string of the molecule is COc1cc2c(Oc3ccc4[nH]c(C)cc4c3F)ncnc2cc1OCCCC(=O)N1CCC2(CC1)COC2.COc1cc2c(Oc3ccc4[nH]c(C)cc4c3F)ncnc2cc1OCCCC(=O)O. The van der Waals surface area contributed by atoms with Gasteiger partial charge in [0.2, 0.25) is 17.7 Å². The number of nitrogens with zero attached hydrogens (tertiary/aromatic N) is 5. The van der Waals surface area contributed by atoms with Gasteiger partial charge in [-0.15, -0.1) is 0 Å². The number of methoxy groups -OCH3 is 2. The van der Waals surface area contributed by atoms with E-state index in [0.29, 0.717) is 97.9 Å². The molecule has 364 valence electrons. The molecule has 6 heterocycles. The molecule has 2 saturated heterocycles. The molecule has 1 spiro atoms. The summed E-state index contributed by atoms with van der Waals surface area (Å²) in [7, 11) is 3.03. The summed E-state index contributed by atoms with van der Waals surface area (Å²) in [5, 5.41) is 10.7. The van der Waals surface area contributed by atoms with Crippen LogP contribution < -0.4 is 28.4 Å². The minimum atomic E-state index is -0.885. The molecule has 3 N–H and O–H groups in total. The second kappa shape index (κ2) is 20.4. The number of carbonyl (C=O) groups is 2. The predicted octanol–water partition coefficient (Wildman–Crippen LogP) is 9.76. The molecule has 0 unspecified atom stereocenters. The molecule has 0 saturated carbocycles. The van der Waals surface area contributed by atoms with Gasteiger partial charge in [0, 0.05) is 76.7 Å². The highest BCUT2D eigenvalue weighted by Gasteiger charge is 2.41. The molecule has 17 nitrogen and oxygen atoms in total. The van der Waals surface area contributed by atoms with E-state index in [9.17, 15) is 14.0 Å². The third kappa shape index (κ3) is 10.1. The van der Waals surface area contributed by atoms with Crippen molar-refractivity contribution in [2.75, 3.05) is 53.7 Å². The summed E-state index contributed by atoms with van der Waals surface area (Å²) in [6.45, 7) is 7.55. The second-order valence-corrected chi connectivity index (χ2v) is 17.4. The van der Waals surface area contributed by atoms with E-state index < -0.39 is 17.6 Å². The summed E-state index contributed by atoms with van der Waals surface area (Å²) in [5.41, 5.74) is 4.47. The smallest absolute Gasteiger partial charge is 0.303 e. The van der Waals surface area contributed by atoms with Crippen molar-refractivity contribution >= 4 is 55.5 Å². The lowest BCUT2D eigenvalue weighted by Crippen LogP contribution is -2.52. The van der Waals surface area contributed by atoms with Crippen LogP contribution in [0.5, 0.6) is 46.3 Å². The lowest BCUT2D eigenvalue weighted by atomic mass is 9.77. The number of aromatic amines is 2. The Morgan fingerprint density at radius 1 is 0.657 bits per heavy atom. The molecule has 0 bridgehead atoms. The molecule has 70 heavy (non-hydrogen) atoms. The molecule has 8 aromatic rings. The molecule has 0 radical (unpaired) electrons. The number of aryl methyl sites for hydroxylation is 2. The fraction of sp³-hybridized carbons (Fsp3) is 0.333. The maximum atomic E-state index is 15.1. The molecule has 0 atom stereocenters. The van der Waals surface area contributed by atoms with Gasteiger partial charge in [-0.25, -0.2) is 28.7 Å². The highest BCUT2D eigenvalue weighted by Crippen LogP contribution is 2.41. The molecule has 4 aromatic carbocycles. The topological polar surface area (TPSA) is 205 Å². The number of aliphatic carboxylic acids is 1. The molecular formula is C51H51F2N7O10. The van der Waals surface area contributed by atoms with Crippen molar-refractivity contribution in [3.05, 3.63) is 96.3 Å². The van der Waals surface area contributed by atoms with Gasteiger partial charge in [-0.05, 0) is 88.1 Å². The van der Waals surface area contributed by atoms with Gasteiger partial charge >= 0.3 is 5.97 Å². The zero-order chi connectivity index (χ0) is 48.9. The fourth-order valence-corrected chi connectivity index (χ4v) is 8.61. The molecule has 0 aliphatic carbocycles. The largest absolute Gasteiger partial charge is 0.493 e. The van der Waals surface area contributed by atoms with E-state index >= 15 is 4.39 Å². The third-order valence-corrected chi connectivity index (χ3v) is 12.4. The van der Waals surface area contributed by atoms with Crippen LogP contribution in [0.1, 0.15) is 49.9 Å². The summed E-state index contributed by atoms with van der Waals surface area (Å²) in [6, 6.07) is 16.8. The molecule has 2 fully saturated rings. The second-order valence-electron chi connectivity index (χ2n) is 17.4. The van der Waals surface area contributed by atoms with Gasteiger partial charge in [0.05, 0.1) is 62.5 Å². The van der Waals surface area contributed by atoms with Crippen molar-refractivity contribution in [1.29, 1.82) is 0 Å². The van der Waals surface area contributed by atoms with Crippen LogP contribution in [0.15, 0.2) is 73.3 Å². The van der Waals surface area contributed by atoms with Crippen LogP contribution >= 0.6 is 0 Å². The van der Waals surface area contributed by atoms with Gasteiger partial charge in [0.25, 0.3) is 0 Å². The van der Waals surface area contributed by atoms with Crippen LogP contribution in [0.3, 0.4) is 0 Å². The first kappa shape index (κ1) is 47.3. The average molecular weight is 960 g/mol. The van der Waals surface area contributed by atoms with Crippen molar-refractivity contribution in [3.63, 3.8) is 0 Å². The molecule has 2 aliphatic heterocycles. The van der Waals surface area contributed by atoms with E-state index in [0.717, 1.165) is 50.5 Å². The quantitative estimate of drug-likeness (QED) is 0.0772. The van der Waals surface area contributed by atoms with E-state index in [4.69, 9.17) is 38.3 Å². The van der Waals surface area contributed by atoms with E-state index in [1.807, 2.05) is 18.7 Å². The first-order valence-corrected chi connectivity index (χ1v) is 22.8. The lowest BCUT2D eigenvalue weighted by molar-refractivity contribution is -0.153. The number of fused-ring (bicyclic) bond motifs is 4. The van der Waals surface area contributed by atoms with Crippen LogP contribution in [-0.2, 0) is 14.3 Å². The van der Waals surface area contributed by atoms with Gasteiger partial charge in [0.15, 0.2) is 46.1 Å². The number of likely N-dealkylation sites (tertiary alicyclic amines) is 1. The standard InChI is InChI=1S/C29H31FN4O5.C22H20FN3O5/c1-18-12-19-21(33-18)5-6-23(27(19)30)39-28-20-13-24(36-2)25(14-22(20)31-17-32-28)38-11-3-4-26(35)34-9-7-29(8-10-34)15-37-16-29;1-12-8-13-15(26-12)5-6-17(21(13)23)31-22-14-9-18(29-2)19(10-16(14)24-11-25-22)30-7-3-4-20(27)28/h5-6,12-14,17,33H,3-4,7-11,15-16H2,1-2H3;5-6,8-11,26H,3-4,7H2,1-2H3,(H,27,28). The van der Waals surface area contributed by atoms with Crippen LogP contribution in [0, 0.1) is 30.9 Å². The maximum Gasteiger partial charge on any atom is 0.303 e. The number of hydrogen-bond acceptors (Lipinski definition) is 13. The first-order valence-electron chi connectivity index (χ1n) is 22.8. The summed E-state index contributed by atoms with van der Waals surface area (Å²) < 4.78 is 69.7. The van der Waals surface area contributed by atoms with Crippen molar-refractivity contribution < 1.29 is 56.6 Å². The minimum absolute atomic E-state index is 0.00658. The Hall–Kier alpha value is -7.80. The lowest BCUT2D eigenvalue weighted by Gasteiger charge is -2.47. The molecule has 2 aliphatic rings. The Balaban J connectivity index is 0.000000179. The van der Waals surface area contributed by atoms with Crippen molar-refractivity contribution in [2.24, 2.45) is 5.41 Å². The van der Waals surface area contributed by atoms with E-state index in [1.54, 1.807) is 67.8 Å². The molecule has 1 amide bonds. The molecular weight excluding hydrogens is 909 g/mol. The van der Waals surface area contributed by atoms with Crippen molar-refractivity contribution in [3.8, 4) is 46.3 Å². The number of carboxylic acid groups (broad SMARTS) is 1. The fourth-order valence-electron chi connectivity index (χ4n) is 8.61. The van der Waals surface area contributed by atoms with Gasteiger partial charge in [-0.1, -0.05) is 0 Å². The molecule has 10 rings (SSSR count). The average Bonchev–Trinajstić information content (AvgIpc) is 3.94. The summed E-state index contributed by atoms with van der Waals surface area (Å²) in [4.78, 5) is 48.4. The number of carboxylic acids is 1. The van der Waals surface area contributed by atoms with Crippen LogP contribution in [0.25, 0.3) is 43.6 Å². The highest BCUT2D eigenvalue weighted by molar-refractivity contribution is 5.89. The van der Waals surface area contributed by atoms with Crippen LogP contribution in [0.2, 0.25) is 0 Å². The van der Waals surface area contributed by atoms with Crippen LogP contribution in [0.4, 0.5) is 8.78 Å². The monoisotopic (exact) mass is 959 g/mol. The number of hydrogen-bond donors (Lipinski definition) is 3. The highest BCUT2D eigenvalue weighted by atomic mass is 19.1. The number of amides is 1. The van der Waals surface area contributed by atoms with Gasteiger partial charge in [-0.3, -0.25) is 9.59 Å². The van der Waals surface area contributed by atoms with Crippen LogP contribution in [-0.4, -0.2) is 106 Å². The number of ether oxygens (including phenoxy) is 7. The number of carbonyl (C=O) groups excluding carboxylic acids is 1. The minimum Gasteiger partial charge on any atom is -0.493 e. The Morgan fingerprint density at radius 3 is 1.59 bits per heavy atom. The third-order valence-electron chi connectivity index (χ3n) is 12.4. The Kier molecular flexibility index (Phi) is 13.8. The molecule has 4 aromatic heterocycles. The number of H-pyrrole nitrogens is 2. The van der Waals surface area contributed by atoms with Gasteiger partial charge < -0.3 is 53.1 Å². The van der Waals surface area contributed by atoms with E-state index in [-0.39, 0.29) is 42.2 Å². The zero-order valence-corrected chi connectivity index (χ0v) is 39.0. The predicted molar refractivity (Wildman–Crippen MR) is 254 cm³/mol. The van der Waals surface area contributed by atoms with Crippen molar-refractivity contribution in [1.82, 2.24) is 34.8 Å². The van der Waals surface area contributed by atoms with Gasteiger partial charge in [-0.2, -0.15) is 0 Å². The van der Waals surface area contributed by atoms with E-state index in [1.165, 1.54) is 19.8 Å². The number of piperidine rings is 1. The maximum absolute atomic E-state index is 15.1. The number of benzene rings is 4. The number of halogens is 2. The zero-order valence-electron chi connectivity index (χ0n) is 39.0. The molecule has 19 heteroatoms. The van der Waals surface area contributed by atoms with Crippen molar-refractivity contribution in [2.45, 2.75) is 52.4 Å². The Morgan fingerprint density at radius 2 is 1.14 bits per heavy atom. The van der Waals surface area contributed by atoms with Gasteiger partial charge in [0.1, 0.15) is 12.7 Å². The summed E-state index contributed by atoms with van der Waals surface area (Å²) >= 11 is 0. The summed E-state index contributed by atoms with van der Waals surface area (Å²) in [6.07, 6.45) is 6.09. The normalized spacial score (nSPS) is 14.1. The number of aromatic nitrogens is 6. The Labute approximate surface area is 400 Å². The summed E-state index contributed by atoms with van der Waals surface area (Å²) in [5.74, 6) is 0.596.